The topological polar surface area (TPSA) is 76.4 Å². The Balaban J connectivity index is 1.84. The first-order valence-electron chi connectivity index (χ1n) is 7.36. The van der Waals surface area contributed by atoms with Crippen LogP contribution in [-0.2, 0) is 23.0 Å². The summed E-state index contributed by atoms with van der Waals surface area (Å²) in [5.74, 6) is -0.105. The van der Waals surface area contributed by atoms with Crippen molar-refractivity contribution < 1.29 is 14.6 Å². The molecule has 0 unspecified atom stereocenters. The second-order valence-corrected chi connectivity index (χ2v) is 6.38. The van der Waals surface area contributed by atoms with E-state index in [4.69, 9.17) is 4.74 Å². The average molecular weight is 295 g/mol. The zero-order chi connectivity index (χ0) is 15.7. The molecule has 1 saturated carbocycles. The van der Waals surface area contributed by atoms with Crippen molar-refractivity contribution in [3.63, 3.8) is 0 Å². The molecule has 1 aliphatic rings. The maximum absolute atomic E-state index is 11.9. The molecule has 0 saturated heterocycles. The standard InChI is InChI=1S/C15H25N3O3/c1-5-21-12-7-15(20,14(12,2)3)10-16-13(19)6-11-8-17-18(4)9-11/h8-9,12,20H,5-7,10H2,1-4H3,(H,16,19)/t12-,15-/m1/s1. The number of carbonyl (C=O) groups is 1. The number of amides is 1. The summed E-state index contributed by atoms with van der Waals surface area (Å²) >= 11 is 0. The normalized spacial score (nSPS) is 27.2. The molecule has 0 aliphatic heterocycles. The lowest BCUT2D eigenvalue weighted by atomic mass is 9.56. The summed E-state index contributed by atoms with van der Waals surface area (Å²) < 4.78 is 7.27. The van der Waals surface area contributed by atoms with Crippen molar-refractivity contribution in [2.24, 2.45) is 12.5 Å². The third-order valence-electron chi connectivity index (χ3n) is 4.60. The Morgan fingerprint density at radius 2 is 2.33 bits per heavy atom. The minimum atomic E-state index is -0.905. The maximum atomic E-state index is 11.9. The SMILES string of the molecule is CCO[C@@H]1C[C@@](O)(CNC(=O)Cc2cnn(C)c2)C1(C)C. The van der Waals surface area contributed by atoms with Crippen molar-refractivity contribution in [2.45, 2.75) is 45.3 Å². The second kappa shape index (κ2) is 5.77. The van der Waals surface area contributed by atoms with Gasteiger partial charge in [0.15, 0.2) is 0 Å². The van der Waals surface area contributed by atoms with Gasteiger partial charge in [-0.25, -0.2) is 0 Å². The zero-order valence-electron chi connectivity index (χ0n) is 13.2. The van der Waals surface area contributed by atoms with Crippen LogP contribution >= 0.6 is 0 Å². The molecule has 1 heterocycles. The number of aromatic nitrogens is 2. The van der Waals surface area contributed by atoms with Crippen LogP contribution in [0.2, 0.25) is 0 Å². The van der Waals surface area contributed by atoms with E-state index in [9.17, 15) is 9.90 Å². The molecule has 0 spiro atoms. The minimum absolute atomic E-state index is 0.0442. The number of rotatable bonds is 6. The van der Waals surface area contributed by atoms with Gasteiger partial charge in [0.2, 0.25) is 5.91 Å². The van der Waals surface area contributed by atoms with Gasteiger partial charge in [-0.05, 0) is 12.5 Å². The van der Waals surface area contributed by atoms with Crippen LogP contribution in [0.4, 0.5) is 0 Å². The fourth-order valence-electron chi connectivity index (χ4n) is 2.82. The summed E-state index contributed by atoms with van der Waals surface area (Å²) in [5.41, 5.74) is -0.399. The molecule has 0 aromatic carbocycles. The molecule has 1 aromatic rings. The van der Waals surface area contributed by atoms with E-state index in [1.54, 1.807) is 10.9 Å². The van der Waals surface area contributed by atoms with Crippen molar-refractivity contribution in [3.8, 4) is 0 Å². The van der Waals surface area contributed by atoms with Gasteiger partial charge in [0.25, 0.3) is 0 Å². The predicted molar refractivity (Wildman–Crippen MR) is 78.7 cm³/mol. The molecule has 6 nitrogen and oxygen atoms in total. The zero-order valence-corrected chi connectivity index (χ0v) is 13.2. The highest BCUT2D eigenvalue weighted by atomic mass is 16.5. The Kier molecular flexibility index (Phi) is 4.39. The summed E-state index contributed by atoms with van der Waals surface area (Å²) in [5, 5.41) is 17.5. The van der Waals surface area contributed by atoms with Crippen LogP contribution in [0.5, 0.6) is 0 Å². The van der Waals surface area contributed by atoms with E-state index in [0.29, 0.717) is 13.0 Å². The third kappa shape index (κ3) is 3.11. The average Bonchev–Trinajstić information content (AvgIpc) is 2.81. The Labute approximate surface area is 125 Å². The van der Waals surface area contributed by atoms with Gasteiger partial charge in [-0.15, -0.1) is 0 Å². The second-order valence-electron chi connectivity index (χ2n) is 6.38. The number of hydrogen-bond donors (Lipinski definition) is 2. The van der Waals surface area contributed by atoms with Crippen molar-refractivity contribution in [3.05, 3.63) is 18.0 Å². The van der Waals surface area contributed by atoms with Crippen LogP contribution in [0.1, 0.15) is 32.8 Å². The number of carbonyl (C=O) groups excluding carboxylic acids is 1. The molecule has 21 heavy (non-hydrogen) atoms. The summed E-state index contributed by atoms with van der Waals surface area (Å²) in [7, 11) is 1.81. The lowest BCUT2D eigenvalue weighted by molar-refractivity contribution is -0.238. The molecule has 2 rings (SSSR count). The lowest BCUT2D eigenvalue weighted by Crippen LogP contribution is -2.68. The van der Waals surface area contributed by atoms with Gasteiger partial charge in [-0.1, -0.05) is 13.8 Å². The minimum Gasteiger partial charge on any atom is -0.387 e. The molecule has 1 fully saturated rings. The van der Waals surface area contributed by atoms with Crippen molar-refractivity contribution in [1.82, 2.24) is 15.1 Å². The van der Waals surface area contributed by atoms with Gasteiger partial charge < -0.3 is 15.2 Å². The molecule has 0 bridgehead atoms. The molecule has 118 valence electrons. The molecule has 2 N–H and O–H groups in total. The first kappa shape index (κ1) is 16.0. The first-order chi connectivity index (χ1) is 9.78. The number of ether oxygens (including phenoxy) is 1. The maximum Gasteiger partial charge on any atom is 0.224 e. The van der Waals surface area contributed by atoms with E-state index in [1.807, 2.05) is 34.0 Å². The molecule has 1 aromatic heterocycles. The van der Waals surface area contributed by atoms with Crippen LogP contribution in [0, 0.1) is 5.41 Å². The van der Waals surface area contributed by atoms with Gasteiger partial charge in [-0.3, -0.25) is 9.48 Å². The van der Waals surface area contributed by atoms with E-state index in [-0.39, 0.29) is 30.4 Å². The predicted octanol–water partition coefficient (Wildman–Crippen LogP) is 0.645. The number of nitrogens with one attached hydrogen (secondary N) is 1. The highest BCUT2D eigenvalue weighted by molar-refractivity contribution is 5.78. The quantitative estimate of drug-likeness (QED) is 0.808. The van der Waals surface area contributed by atoms with Crippen molar-refractivity contribution >= 4 is 5.91 Å². The van der Waals surface area contributed by atoms with E-state index < -0.39 is 5.60 Å². The van der Waals surface area contributed by atoms with Crippen LogP contribution in [0.15, 0.2) is 12.4 Å². The monoisotopic (exact) mass is 295 g/mol. The third-order valence-corrected chi connectivity index (χ3v) is 4.60. The summed E-state index contributed by atoms with van der Waals surface area (Å²) in [6, 6.07) is 0. The highest BCUT2D eigenvalue weighted by Gasteiger charge is 2.59. The molecule has 0 radical (unpaired) electrons. The Morgan fingerprint density at radius 3 is 2.86 bits per heavy atom. The molecule has 1 amide bonds. The molecule has 6 heteroatoms. The van der Waals surface area contributed by atoms with E-state index in [1.165, 1.54) is 0 Å². The number of hydrogen-bond acceptors (Lipinski definition) is 4. The fraction of sp³-hybridized carbons (Fsp3) is 0.733. The number of nitrogens with zero attached hydrogens (tertiary/aromatic N) is 2. The molecular weight excluding hydrogens is 270 g/mol. The van der Waals surface area contributed by atoms with Crippen LogP contribution in [-0.4, -0.2) is 45.7 Å². The Hall–Kier alpha value is -1.40. The summed E-state index contributed by atoms with van der Waals surface area (Å²) in [4.78, 5) is 11.9. The summed E-state index contributed by atoms with van der Waals surface area (Å²) in [6.07, 6.45) is 4.36. The molecule has 2 atom stereocenters. The number of aryl methyl sites for hydroxylation is 1. The van der Waals surface area contributed by atoms with Gasteiger partial charge in [-0.2, -0.15) is 5.10 Å². The number of aliphatic hydroxyl groups is 1. The van der Waals surface area contributed by atoms with E-state index >= 15 is 0 Å². The van der Waals surface area contributed by atoms with Gasteiger partial charge >= 0.3 is 0 Å². The first-order valence-corrected chi connectivity index (χ1v) is 7.36. The van der Waals surface area contributed by atoms with E-state index in [0.717, 1.165) is 5.56 Å². The fourth-order valence-corrected chi connectivity index (χ4v) is 2.82. The largest absolute Gasteiger partial charge is 0.387 e. The summed E-state index contributed by atoms with van der Waals surface area (Å²) in [6.45, 7) is 6.79. The van der Waals surface area contributed by atoms with Gasteiger partial charge in [0.1, 0.15) is 0 Å². The smallest absolute Gasteiger partial charge is 0.224 e. The highest BCUT2D eigenvalue weighted by Crippen LogP contribution is 2.50. The molecular formula is C15H25N3O3. The Morgan fingerprint density at radius 1 is 1.62 bits per heavy atom. The lowest BCUT2D eigenvalue weighted by Gasteiger charge is -2.57. The van der Waals surface area contributed by atoms with Gasteiger partial charge in [0, 0.05) is 38.2 Å². The van der Waals surface area contributed by atoms with E-state index in [2.05, 4.69) is 10.4 Å². The van der Waals surface area contributed by atoms with Crippen LogP contribution in [0.3, 0.4) is 0 Å². The van der Waals surface area contributed by atoms with Crippen LogP contribution in [0.25, 0.3) is 0 Å². The van der Waals surface area contributed by atoms with Gasteiger partial charge in [0.05, 0.1) is 24.3 Å². The van der Waals surface area contributed by atoms with Crippen LogP contribution < -0.4 is 5.32 Å². The van der Waals surface area contributed by atoms with Crippen molar-refractivity contribution in [1.29, 1.82) is 0 Å². The molecule has 1 aliphatic carbocycles. The Bertz CT molecular complexity index is 512. The van der Waals surface area contributed by atoms with Crippen molar-refractivity contribution in [2.75, 3.05) is 13.2 Å².